The number of benzene rings is 1. The molecular weight excluding hydrogens is 480 g/mol. The molecule has 1 aromatic carbocycles. The number of aryl methyl sites for hydroxylation is 3. The van der Waals surface area contributed by atoms with Crippen LogP contribution in [0.2, 0.25) is 0 Å². The van der Waals surface area contributed by atoms with Crippen LogP contribution in [-0.4, -0.2) is 30.9 Å². The minimum atomic E-state index is -0.503. The Bertz CT molecular complexity index is 1530. The average Bonchev–Trinajstić information content (AvgIpc) is 3.45. The fourth-order valence-corrected chi connectivity index (χ4v) is 6.32. The number of fused-ring (bicyclic) bond motifs is 2. The first kappa shape index (κ1) is 23.3. The van der Waals surface area contributed by atoms with Gasteiger partial charge in [-0.15, -0.1) is 11.3 Å². The Morgan fingerprint density at radius 3 is 2.91 bits per heavy atom. The van der Waals surface area contributed by atoms with E-state index in [4.69, 9.17) is 0 Å². The number of carbonyl (C=O) groups is 1. The van der Waals surface area contributed by atoms with Crippen LogP contribution in [0.4, 0.5) is 5.82 Å². The van der Waals surface area contributed by atoms with Crippen LogP contribution in [0, 0.1) is 11.3 Å². The summed E-state index contributed by atoms with van der Waals surface area (Å²) in [6, 6.07) is 8.52. The van der Waals surface area contributed by atoms with Gasteiger partial charge in [0.25, 0.3) is 5.56 Å². The second kappa shape index (κ2) is 9.68. The zero-order valence-electron chi connectivity index (χ0n) is 19.4. The normalized spacial score (nSPS) is 13.9. The van der Waals surface area contributed by atoms with E-state index in [1.807, 2.05) is 18.4 Å². The molecule has 0 spiro atoms. The molecule has 5 rings (SSSR count). The van der Waals surface area contributed by atoms with Gasteiger partial charge >= 0.3 is 0 Å². The molecule has 0 radical (unpaired) electrons. The topological polar surface area (TPSA) is 116 Å². The number of nitrogens with one attached hydrogen (secondary N) is 2. The standard InChI is InChI=1S/C25H24N6O2S2/c1-3-19(22(32)28-21-17(11-26)12-27-31(21)2)35-25-29-23(33)20-18(13-34-24(20)30-25)16-9-8-14-6-4-5-7-15(14)10-16/h8-10,12-13,19H,3-7H2,1-2H3,(H,28,32)(H,29,30,33). The van der Waals surface area contributed by atoms with Gasteiger partial charge < -0.3 is 10.3 Å². The van der Waals surface area contributed by atoms with Crippen LogP contribution < -0.4 is 10.9 Å². The first-order valence-corrected chi connectivity index (χ1v) is 13.3. The largest absolute Gasteiger partial charge is 0.309 e. The number of H-pyrrole nitrogens is 1. The summed E-state index contributed by atoms with van der Waals surface area (Å²) in [4.78, 5) is 34.2. The van der Waals surface area contributed by atoms with Gasteiger partial charge in [-0.2, -0.15) is 10.4 Å². The van der Waals surface area contributed by atoms with E-state index in [1.165, 1.54) is 57.9 Å². The third-order valence-corrected chi connectivity index (χ3v) is 8.42. The predicted octanol–water partition coefficient (Wildman–Crippen LogP) is 4.64. The molecule has 2 N–H and O–H groups in total. The van der Waals surface area contributed by atoms with Crippen molar-refractivity contribution in [2.45, 2.75) is 49.4 Å². The molecule has 0 saturated carbocycles. The lowest BCUT2D eigenvalue weighted by Crippen LogP contribution is -2.26. The molecule has 0 fully saturated rings. The van der Waals surface area contributed by atoms with E-state index >= 15 is 0 Å². The average molecular weight is 505 g/mol. The molecule has 1 unspecified atom stereocenters. The summed E-state index contributed by atoms with van der Waals surface area (Å²) in [5.41, 5.74) is 4.80. The number of aromatic amines is 1. The summed E-state index contributed by atoms with van der Waals surface area (Å²) in [7, 11) is 1.66. The molecule has 35 heavy (non-hydrogen) atoms. The third kappa shape index (κ3) is 4.49. The van der Waals surface area contributed by atoms with Crippen molar-refractivity contribution >= 4 is 45.0 Å². The molecule has 10 heteroatoms. The lowest BCUT2D eigenvalue weighted by molar-refractivity contribution is -0.115. The van der Waals surface area contributed by atoms with Crippen LogP contribution >= 0.6 is 23.1 Å². The monoisotopic (exact) mass is 504 g/mol. The van der Waals surface area contributed by atoms with E-state index in [1.54, 1.807) is 7.05 Å². The molecule has 0 aliphatic heterocycles. The fourth-order valence-electron chi connectivity index (χ4n) is 4.42. The number of carbonyl (C=O) groups excluding carboxylic acids is 1. The van der Waals surface area contributed by atoms with Gasteiger partial charge in [-0.25, -0.2) is 4.98 Å². The van der Waals surface area contributed by atoms with Crippen LogP contribution in [-0.2, 0) is 24.7 Å². The van der Waals surface area contributed by atoms with Crippen molar-refractivity contribution in [1.82, 2.24) is 19.7 Å². The first-order chi connectivity index (χ1) is 17.0. The number of thioether (sulfide) groups is 1. The molecular formula is C25H24N6O2S2. The highest BCUT2D eigenvalue weighted by Gasteiger charge is 2.23. The van der Waals surface area contributed by atoms with Crippen molar-refractivity contribution in [2.75, 3.05) is 5.32 Å². The number of nitriles is 1. The minimum absolute atomic E-state index is 0.208. The highest BCUT2D eigenvalue weighted by molar-refractivity contribution is 8.00. The number of thiophene rings is 1. The van der Waals surface area contributed by atoms with Crippen LogP contribution in [0.1, 0.15) is 42.9 Å². The van der Waals surface area contributed by atoms with Gasteiger partial charge in [-0.1, -0.05) is 36.9 Å². The predicted molar refractivity (Wildman–Crippen MR) is 139 cm³/mol. The summed E-state index contributed by atoms with van der Waals surface area (Å²) < 4.78 is 1.45. The van der Waals surface area contributed by atoms with Crippen molar-refractivity contribution < 1.29 is 4.79 Å². The van der Waals surface area contributed by atoms with E-state index in [-0.39, 0.29) is 11.5 Å². The SMILES string of the molecule is CCC(Sc1nc2scc(-c3ccc4c(c3)CCCC4)c2c(=O)[nH]1)C(=O)Nc1c(C#N)cnn1C. The van der Waals surface area contributed by atoms with Crippen molar-refractivity contribution in [2.24, 2.45) is 7.05 Å². The van der Waals surface area contributed by atoms with E-state index in [2.05, 4.69) is 38.6 Å². The molecule has 1 atom stereocenters. The molecule has 3 aromatic heterocycles. The lowest BCUT2D eigenvalue weighted by Gasteiger charge is -2.16. The maximum absolute atomic E-state index is 13.1. The number of nitrogens with zero attached hydrogens (tertiary/aromatic N) is 4. The van der Waals surface area contributed by atoms with Crippen LogP contribution in [0.15, 0.2) is 39.7 Å². The van der Waals surface area contributed by atoms with E-state index < -0.39 is 5.25 Å². The fraction of sp³-hybridized carbons (Fsp3) is 0.320. The summed E-state index contributed by atoms with van der Waals surface area (Å²) in [5, 5.41) is 18.5. The Kier molecular flexibility index (Phi) is 6.45. The molecule has 0 saturated heterocycles. The number of anilines is 1. The van der Waals surface area contributed by atoms with Gasteiger partial charge in [0.2, 0.25) is 5.91 Å². The summed E-state index contributed by atoms with van der Waals surface area (Å²) in [6.07, 6.45) is 6.56. The summed E-state index contributed by atoms with van der Waals surface area (Å²) >= 11 is 2.64. The maximum atomic E-state index is 13.1. The number of hydrogen-bond acceptors (Lipinski definition) is 7. The molecule has 4 aromatic rings. The zero-order valence-corrected chi connectivity index (χ0v) is 21.1. The molecule has 178 valence electrons. The Morgan fingerprint density at radius 2 is 2.14 bits per heavy atom. The smallest absolute Gasteiger partial charge is 0.260 e. The molecule has 1 amide bonds. The van der Waals surface area contributed by atoms with Gasteiger partial charge in [0, 0.05) is 18.0 Å². The van der Waals surface area contributed by atoms with Crippen LogP contribution in [0.3, 0.4) is 0 Å². The Labute approximate surface area is 210 Å². The third-order valence-electron chi connectivity index (χ3n) is 6.30. The van der Waals surface area contributed by atoms with Crippen molar-refractivity contribution in [3.8, 4) is 17.2 Å². The summed E-state index contributed by atoms with van der Waals surface area (Å²) in [6.45, 7) is 1.89. The second-order valence-corrected chi connectivity index (χ2v) is 10.6. The molecule has 3 heterocycles. The van der Waals surface area contributed by atoms with Gasteiger partial charge in [0.15, 0.2) is 5.16 Å². The zero-order chi connectivity index (χ0) is 24.5. The van der Waals surface area contributed by atoms with Crippen molar-refractivity contribution in [1.29, 1.82) is 5.26 Å². The number of rotatable bonds is 6. The van der Waals surface area contributed by atoms with Gasteiger partial charge in [-0.05, 0) is 48.8 Å². The van der Waals surface area contributed by atoms with E-state index in [9.17, 15) is 14.9 Å². The minimum Gasteiger partial charge on any atom is -0.309 e. The van der Waals surface area contributed by atoms with Gasteiger partial charge in [-0.3, -0.25) is 14.3 Å². The number of amides is 1. The molecule has 0 bridgehead atoms. The van der Waals surface area contributed by atoms with E-state index in [0.717, 1.165) is 24.0 Å². The van der Waals surface area contributed by atoms with Gasteiger partial charge in [0.1, 0.15) is 22.3 Å². The molecule has 1 aliphatic rings. The second-order valence-electron chi connectivity index (χ2n) is 8.54. The Hall–Kier alpha value is -3.42. The Morgan fingerprint density at radius 1 is 1.34 bits per heavy atom. The van der Waals surface area contributed by atoms with Crippen LogP contribution in [0.5, 0.6) is 0 Å². The summed E-state index contributed by atoms with van der Waals surface area (Å²) in [5.74, 6) is 0.0719. The maximum Gasteiger partial charge on any atom is 0.260 e. The highest BCUT2D eigenvalue weighted by Crippen LogP contribution is 2.34. The lowest BCUT2D eigenvalue weighted by atomic mass is 9.89. The number of hydrogen-bond donors (Lipinski definition) is 2. The first-order valence-electron chi connectivity index (χ1n) is 11.5. The highest BCUT2D eigenvalue weighted by atomic mass is 32.2. The Balaban J connectivity index is 1.41. The van der Waals surface area contributed by atoms with E-state index in [0.29, 0.717) is 33.2 Å². The quantitative estimate of drug-likeness (QED) is 0.292. The molecule has 8 nitrogen and oxygen atoms in total. The van der Waals surface area contributed by atoms with Crippen molar-refractivity contribution in [3.05, 3.63) is 56.8 Å². The van der Waals surface area contributed by atoms with Gasteiger partial charge in [0.05, 0.1) is 16.8 Å². The number of aromatic nitrogens is 4. The molecule has 1 aliphatic carbocycles. The van der Waals surface area contributed by atoms with Crippen LogP contribution in [0.25, 0.3) is 21.3 Å². The van der Waals surface area contributed by atoms with Crippen molar-refractivity contribution in [3.63, 3.8) is 0 Å².